The van der Waals surface area contributed by atoms with Crippen molar-refractivity contribution in [3.05, 3.63) is 69.3 Å². The number of carbonyl (C=O) groups excluding carboxylic acids is 2. The molecule has 2 aromatic rings. The van der Waals surface area contributed by atoms with Crippen LogP contribution in [0.4, 0.5) is 0 Å². The van der Waals surface area contributed by atoms with Gasteiger partial charge in [-0.05, 0) is 31.4 Å². The molecule has 23 heavy (non-hydrogen) atoms. The van der Waals surface area contributed by atoms with Gasteiger partial charge in [-0.15, -0.1) is 0 Å². The molecular formula is C17H16NO5-. The summed E-state index contributed by atoms with van der Waals surface area (Å²) in [6.07, 6.45) is 0.101. The van der Waals surface area contributed by atoms with Crippen molar-refractivity contribution in [3.8, 4) is 0 Å². The first kappa shape index (κ1) is 16.5. The number of benzene rings is 1. The van der Waals surface area contributed by atoms with Crippen LogP contribution < -0.4 is 16.0 Å². The van der Waals surface area contributed by atoms with E-state index in [0.717, 1.165) is 5.56 Å². The van der Waals surface area contributed by atoms with E-state index < -0.39 is 23.5 Å². The van der Waals surface area contributed by atoms with Crippen molar-refractivity contribution in [2.45, 2.75) is 26.3 Å². The molecule has 120 valence electrons. The molecule has 0 aliphatic carbocycles. The molecule has 0 unspecified atom stereocenters. The minimum atomic E-state index is -1.38. The zero-order chi connectivity index (χ0) is 17.0. The molecule has 2 rings (SSSR count). The van der Waals surface area contributed by atoms with Gasteiger partial charge in [0.1, 0.15) is 5.76 Å². The van der Waals surface area contributed by atoms with Gasteiger partial charge in [-0.3, -0.25) is 4.79 Å². The maximum absolute atomic E-state index is 12.3. The average Bonchev–Trinajstić information content (AvgIpc) is 2.46. The quantitative estimate of drug-likeness (QED) is 0.858. The number of carboxylic acids is 1. The van der Waals surface area contributed by atoms with Crippen LogP contribution in [0.25, 0.3) is 0 Å². The van der Waals surface area contributed by atoms with E-state index in [4.69, 9.17) is 4.42 Å². The Morgan fingerprint density at radius 2 is 1.87 bits per heavy atom. The predicted molar refractivity (Wildman–Crippen MR) is 80.9 cm³/mol. The third-order valence-electron chi connectivity index (χ3n) is 3.43. The minimum Gasteiger partial charge on any atom is -0.548 e. The molecule has 0 spiro atoms. The molecule has 1 aromatic heterocycles. The Bertz CT molecular complexity index is 753. The summed E-state index contributed by atoms with van der Waals surface area (Å²) in [5, 5.41) is 13.7. The molecule has 0 saturated heterocycles. The standard InChI is InChI=1S/C17H17NO5/c1-10-8-14(19)23-11(2)15(10)16(20)18-13(17(21)22)9-12-6-4-3-5-7-12/h3-8,13H,9H2,1-2H3,(H,18,20)(H,21,22)/p-1/t13-/m0/s1. The summed E-state index contributed by atoms with van der Waals surface area (Å²) in [5.41, 5.74) is 0.782. The van der Waals surface area contributed by atoms with Crippen LogP contribution in [0.15, 0.2) is 45.6 Å². The van der Waals surface area contributed by atoms with Crippen molar-refractivity contribution in [3.63, 3.8) is 0 Å². The SMILES string of the molecule is Cc1cc(=O)oc(C)c1C(=O)N[C@@H](Cc1ccccc1)C(=O)[O-]. The van der Waals surface area contributed by atoms with E-state index in [1.54, 1.807) is 31.2 Å². The summed E-state index contributed by atoms with van der Waals surface area (Å²) < 4.78 is 4.89. The van der Waals surface area contributed by atoms with Crippen molar-refractivity contribution in [1.29, 1.82) is 0 Å². The fraction of sp³-hybridized carbons (Fsp3) is 0.235. The maximum atomic E-state index is 12.3. The van der Waals surface area contributed by atoms with Crippen molar-refractivity contribution in [2.75, 3.05) is 0 Å². The fourth-order valence-electron chi connectivity index (χ4n) is 2.37. The van der Waals surface area contributed by atoms with E-state index in [1.165, 1.54) is 13.0 Å². The zero-order valence-corrected chi connectivity index (χ0v) is 12.8. The summed E-state index contributed by atoms with van der Waals surface area (Å²) in [5.74, 6) is -1.85. The van der Waals surface area contributed by atoms with Crippen LogP contribution in [0.1, 0.15) is 27.2 Å². The average molecular weight is 314 g/mol. The lowest BCUT2D eigenvalue weighted by molar-refractivity contribution is -0.308. The summed E-state index contributed by atoms with van der Waals surface area (Å²) in [4.78, 5) is 34.9. The number of rotatable bonds is 5. The Balaban J connectivity index is 2.22. The lowest BCUT2D eigenvalue weighted by Crippen LogP contribution is -2.49. The topological polar surface area (TPSA) is 99.4 Å². The second-order valence-electron chi connectivity index (χ2n) is 5.21. The predicted octanol–water partition coefficient (Wildman–Crippen LogP) is 0.348. The first-order chi connectivity index (χ1) is 10.9. The third-order valence-corrected chi connectivity index (χ3v) is 3.43. The van der Waals surface area contributed by atoms with Gasteiger partial charge >= 0.3 is 5.63 Å². The van der Waals surface area contributed by atoms with E-state index in [0.29, 0.717) is 5.56 Å². The molecule has 0 aliphatic heterocycles. The van der Waals surface area contributed by atoms with Gasteiger partial charge in [0.2, 0.25) is 0 Å². The van der Waals surface area contributed by atoms with E-state index >= 15 is 0 Å². The van der Waals surface area contributed by atoms with Gasteiger partial charge in [-0.1, -0.05) is 30.3 Å². The second kappa shape index (κ2) is 6.91. The monoisotopic (exact) mass is 314 g/mol. The normalized spacial score (nSPS) is 11.7. The van der Waals surface area contributed by atoms with Gasteiger partial charge in [0.25, 0.3) is 5.91 Å². The number of hydrogen-bond donors (Lipinski definition) is 1. The highest BCUT2D eigenvalue weighted by Gasteiger charge is 2.20. The van der Waals surface area contributed by atoms with Crippen LogP contribution >= 0.6 is 0 Å². The van der Waals surface area contributed by atoms with Crippen molar-refractivity contribution >= 4 is 11.9 Å². The highest BCUT2D eigenvalue weighted by Crippen LogP contribution is 2.11. The molecule has 1 amide bonds. The van der Waals surface area contributed by atoms with E-state index in [9.17, 15) is 19.5 Å². The number of amides is 1. The molecule has 1 atom stereocenters. The molecule has 1 aromatic carbocycles. The van der Waals surface area contributed by atoms with Gasteiger partial charge in [0.05, 0.1) is 17.6 Å². The number of aliphatic carboxylic acids is 1. The van der Waals surface area contributed by atoms with Gasteiger partial charge in [0.15, 0.2) is 0 Å². The first-order valence-electron chi connectivity index (χ1n) is 7.05. The van der Waals surface area contributed by atoms with Crippen LogP contribution in [-0.4, -0.2) is 17.9 Å². The number of carboxylic acid groups (broad SMARTS) is 1. The molecular weight excluding hydrogens is 298 g/mol. The largest absolute Gasteiger partial charge is 0.548 e. The fourth-order valence-corrected chi connectivity index (χ4v) is 2.37. The van der Waals surface area contributed by atoms with E-state index in [2.05, 4.69) is 5.32 Å². The van der Waals surface area contributed by atoms with Crippen molar-refractivity contribution in [1.82, 2.24) is 5.32 Å². The lowest BCUT2D eigenvalue weighted by Gasteiger charge is -2.20. The molecule has 0 radical (unpaired) electrons. The molecule has 1 N–H and O–H groups in total. The zero-order valence-electron chi connectivity index (χ0n) is 12.8. The van der Waals surface area contributed by atoms with Crippen LogP contribution in [0.3, 0.4) is 0 Å². The van der Waals surface area contributed by atoms with Crippen LogP contribution in [0.2, 0.25) is 0 Å². The smallest absolute Gasteiger partial charge is 0.336 e. The Labute approximate surface area is 132 Å². The molecule has 0 aliphatic rings. The number of hydrogen-bond acceptors (Lipinski definition) is 5. The Kier molecular flexibility index (Phi) is 4.95. The number of carbonyl (C=O) groups is 2. The Morgan fingerprint density at radius 1 is 1.22 bits per heavy atom. The maximum Gasteiger partial charge on any atom is 0.336 e. The summed E-state index contributed by atoms with van der Waals surface area (Å²) in [6, 6.07) is 8.91. The minimum absolute atomic E-state index is 0.101. The number of nitrogens with one attached hydrogen (secondary N) is 1. The Morgan fingerprint density at radius 3 is 2.43 bits per heavy atom. The van der Waals surface area contributed by atoms with Crippen LogP contribution in [-0.2, 0) is 11.2 Å². The van der Waals surface area contributed by atoms with Crippen molar-refractivity contribution < 1.29 is 19.1 Å². The summed E-state index contributed by atoms with van der Waals surface area (Å²) in [7, 11) is 0. The first-order valence-corrected chi connectivity index (χ1v) is 7.05. The summed E-state index contributed by atoms with van der Waals surface area (Å²) >= 11 is 0. The van der Waals surface area contributed by atoms with E-state index in [1.807, 2.05) is 6.07 Å². The molecule has 6 heteroatoms. The van der Waals surface area contributed by atoms with Gasteiger partial charge in [0, 0.05) is 6.07 Å². The van der Waals surface area contributed by atoms with Gasteiger partial charge in [-0.25, -0.2) is 4.79 Å². The molecule has 0 saturated carbocycles. The molecule has 0 bridgehead atoms. The highest BCUT2D eigenvalue weighted by molar-refractivity contribution is 5.98. The molecule has 0 fully saturated rings. The van der Waals surface area contributed by atoms with Crippen molar-refractivity contribution in [2.24, 2.45) is 0 Å². The second-order valence-corrected chi connectivity index (χ2v) is 5.21. The third kappa shape index (κ3) is 4.06. The lowest BCUT2D eigenvalue weighted by atomic mass is 10.0. The molecule has 6 nitrogen and oxygen atoms in total. The summed E-state index contributed by atoms with van der Waals surface area (Å²) in [6.45, 7) is 3.07. The highest BCUT2D eigenvalue weighted by atomic mass is 16.4. The number of aryl methyl sites for hydroxylation is 2. The molecule has 1 heterocycles. The van der Waals surface area contributed by atoms with Crippen LogP contribution in [0, 0.1) is 13.8 Å². The van der Waals surface area contributed by atoms with Gasteiger partial charge < -0.3 is 19.6 Å². The Hall–Kier alpha value is -2.89. The van der Waals surface area contributed by atoms with Crippen LogP contribution in [0.5, 0.6) is 0 Å². The van der Waals surface area contributed by atoms with Gasteiger partial charge in [-0.2, -0.15) is 0 Å². The van der Waals surface area contributed by atoms with E-state index in [-0.39, 0.29) is 17.7 Å².